The Kier molecular flexibility index (Phi) is 9.90. The first kappa shape index (κ1) is 27.2. The fourth-order valence-corrected chi connectivity index (χ4v) is 3.83. The zero-order chi connectivity index (χ0) is 26.1. The Bertz CT molecular complexity index is 1170. The Morgan fingerprint density at radius 3 is 2.39 bits per heavy atom. The maximum Gasteiger partial charge on any atom is 0.305 e. The third-order valence-corrected chi connectivity index (χ3v) is 6.23. The summed E-state index contributed by atoms with van der Waals surface area (Å²) in [5, 5.41) is 15.8. The summed E-state index contributed by atoms with van der Waals surface area (Å²) < 4.78 is 5.98. The molecule has 0 aliphatic heterocycles. The van der Waals surface area contributed by atoms with Gasteiger partial charge < -0.3 is 20.5 Å². The number of nitrogens with one attached hydrogen (secondary N) is 2. The van der Waals surface area contributed by atoms with Crippen LogP contribution in [0.5, 0.6) is 5.75 Å². The molecule has 1 amide bonds. The molecular weight excluding hydrogens is 503 g/mol. The lowest BCUT2D eigenvalue weighted by molar-refractivity contribution is -0.136. The van der Waals surface area contributed by atoms with E-state index in [2.05, 4.69) is 34.4 Å². The number of hydrogen-bond donors (Lipinski definition) is 3. The van der Waals surface area contributed by atoms with Gasteiger partial charge in [0.15, 0.2) is 11.6 Å². The quantitative estimate of drug-likeness (QED) is 0.280. The van der Waals surface area contributed by atoms with Gasteiger partial charge in [-0.2, -0.15) is 0 Å². The van der Waals surface area contributed by atoms with Gasteiger partial charge in [0.1, 0.15) is 6.61 Å². The molecule has 0 aliphatic carbocycles. The molecule has 0 aliphatic rings. The van der Waals surface area contributed by atoms with Crippen molar-refractivity contribution in [1.82, 2.24) is 15.3 Å². The molecule has 0 saturated heterocycles. The summed E-state index contributed by atoms with van der Waals surface area (Å²) in [4.78, 5) is 31.5. The summed E-state index contributed by atoms with van der Waals surface area (Å²) in [7, 11) is 0. The highest BCUT2D eigenvalue weighted by molar-refractivity contribution is 6.36. The van der Waals surface area contributed by atoms with Crippen LogP contribution in [0, 0.1) is 5.92 Å². The highest BCUT2D eigenvalue weighted by Gasteiger charge is 2.18. The van der Waals surface area contributed by atoms with Crippen molar-refractivity contribution in [3.05, 3.63) is 70.5 Å². The van der Waals surface area contributed by atoms with Crippen molar-refractivity contribution in [2.24, 2.45) is 5.92 Å². The molecule has 190 valence electrons. The largest absolute Gasteiger partial charge is 0.488 e. The molecule has 1 heterocycles. The summed E-state index contributed by atoms with van der Waals surface area (Å²) in [6, 6.07) is 12.2. The van der Waals surface area contributed by atoms with E-state index in [4.69, 9.17) is 33.0 Å². The van der Waals surface area contributed by atoms with E-state index in [-0.39, 0.29) is 24.9 Å². The van der Waals surface area contributed by atoms with Gasteiger partial charge in [-0.1, -0.05) is 43.5 Å². The number of benzene rings is 2. The lowest BCUT2D eigenvalue weighted by atomic mass is 9.99. The molecule has 2 aromatic carbocycles. The van der Waals surface area contributed by atoms with Crippen molar-refractivity contribution in [3.63, 3.8) is 0 Å². The molecule has 0 spiro atoms. The minimum absolute atomic E-state index is 0.00405. The number of nitrogens with zero attached hydrogens (tertiary/aromatic N) is 2. The summed E-state index contributed by atoms with van der Waals surface area (Å²) in [6.45, 7) is 4.71. The van der Waals surface area contributed by atoms with Crippen LogP contribution in [0.3, 0.4) is 0 Å². The zero-order valence-electron chi connectivity index (χ0n) is 20.0. The molecule has 10 heteroatoms. The Balaban J connectivity index is 1.60. The average Bonchev–Trinajstić information content (AvgIpc) is 2.86. The Hall–Kier alpha value is -3.36. The smallest absolute Gasteiger partial charge is 0.305 e. The Labute approximate surface area is 220 Å². The van der Waals surface area contributed by atoms with Gasteiger partial charge in [-0.3, -0.25) is 9.59 Å². The monoisotopic (exact) mass is 530 g/mol. The van der Waals surface area contributed by atoms with Crippen LogP contribution in [-0.4, -0.2) is 46.1 Å². The van der Waals surface area contributed by atoms with E-state index < -0.39 is 5.97 Å². The highest BCUT2D eigenvalue weighted by Crippen LogP contribution is 2.28. The molecule has 0 radical (unpaired) electrons. The molecule has 3 aromatic rings. The van der Waals surface area contributed by atoms with Crippen molar-refractivity contribution in [1.29, 1.82) is 0 Å². The van der Waals surface area contributed by atoms with E-state index in [1.54, 1.807) is 42.7 Å². The van der Waals surface area contributed by atoms with Crippen LogP contribution in [0.25, 0.3) is 11.4 Å². The molecule has 3 N–H and O–H groups in total. The number of rotatable bonds is 12. The normalized spacial score (nSPS) is 12.4. The van der Waals surface area contributed by atoms with Gasteiger partial charge in [0.2, 0.25) is 0 Å². The predicted molar refractivity (Wildman–Crippen MR) is 141 cm³/mol. The van der Waals surface area contributed by atoms with E-state index >= 15 is 0 Å². The molecule has 3 rings (SSSR count). The number of anilines is 1. The number of ether oxygens (including phenoxy) is 1. The van der Waals surface area contributed by atoms with Gasteiger partial charge in [-0.25, -0.2) is 9.97 Å². The first-order valence-electron chi connectivity index (χ1n) is 11.5. The third kappa shape index (κ3) is 7.83. The van der Waals surface area contributed by atoms with Crippen molar-refractivity contribution in [2.75, 3.05) is 18.5 Å². The molecule has 1 aromatic heterocycles. The third-order valence-electron chi connectivity index (χ3n) is 5.68. The number of aliphatic carboxylic acids is 1. The zero-order valence-corrected chi connectivity index (χ0v) is 21.5. The minimum Gasteiger partial charge on any atom is -0.488 e. The van der Waals surface area contributed by atoms with E-state index in [0.717, 1.165) is 12.1 Å². The van der Waals surface area contributed by atoms with Crippen LogP contribution < -0.4 is 15.4 Å². The second kappa shape index (κ2) is 13.1. The predicted octanol–water partition coefficient (Wildman–Crippen LogP) is 5.56. The lowest BCUT2D eigenvalue weighted by Crippen LogP contribution is -2.33. The van der Waals surface area contributed by atoms with Crippen molar-refractivity contribution in [3.8, 4) is 17.1 Å². The molecule has 0 fully saturated rings. The van der Waals surface area contributed by atoms with Gasteiger partial charge in [0.25, 0.3) is 5.91 Å². The summed E-state index contributed by atoms with van der Waals surface area (Å²) in [5.74, 6) is 0.0478. The molecule has 2 atom stereocenters. The number of hydrogen-bond acceptors (Lipinski definition) is 6. The molecular formula is C26H28Cl2N4O4. The van der Waals surface area contributed by atoms with Crippen molar-refractivity contribution >= 4 is 40.8 Å². The average molecular weight is 531 g/mol. The van der Waals surface area contributed by atoms with Crippen LogP contribution in [0.2, 0.25) is 10.0 Å². The number of carbonyl (C=O) groups excluding carboxylic acids is 1. The summed E-state index contributed by atoms with van der Waals surface area (Å²) in [5.41, 5.74) is 1.99. The van der Waals surface area contributed by atoms with Crippen molar-refractivity contribution in [2.45, 2.75) is 32.7 Å². The van der Waals surface area contributed by atoms with Crippen LogP contribution in [-0.2, 0) is 4.79 Å². The van der Waals surface area contributed by atoms with Gasteiger partial charge in [-0.15, -0.1) is 0 Å². The minimum atomic E-state index is -0.957. The first-order valence-corrected chi connectivity index (χ1v) is 12.3. The highest BCUT2D eigenvalue weighted by atomic mass is 35.5. The SMILES string of the molecule is CCC(C)C(COc1cnc(-c2ccc(Cl)cc2Cl)nc1)Nc1ccc(C(=O)NCCC(=O)O)cc1. The summed E-state index contributed by atoms with van der Waals surface area (Å²) in [6.07, 6.45) is 4.04. The molecule has 2 unspecified atom stereocenters. The fraction of sp³-hybridized carbons (Fsp3) is 0.308. The van der Waals surface area contributed by atoms with Gasteiger partial charge >= 0.3 is 5.97 Å². The molecule has 0 bridgehead atoms. The maximum absolute atomic E-state index is 12.2. The topological polar surface area (TPSA) is 113 Å². The number of carboxylic acid groups (broad SMARTS) is 1. The standard InChI is InChI=1S/C26H28Cl2N4O4/c1-3-16(2)23(32-19-7-4-17(5-8-19)26(35)29-11-10-24(33)34)15-36-20-13-30-25(31-14-20)21-9-6-18(27)12-22(21)28/h4-9,12-14,16,23,32H,3,10-11,15H2,1-2H3,(H,29,35)(H,33,34). The second-order valence-corrected chi connectivity index (χ2v) is 9.13. The number of halogens is 2. The van der Waals surface area contributed by atoms with Gasteiger partial charge in [0, 0.05) is 28.4 Å². The first-order chi connectivity index (χ1) is 17.3. The lowest BCUT2D eigenvalue weighted by Gasteiger charge is -2.25. The van der Waals surface area contributed by atoms with Gasteiger partial charge in [0.05, 0.1) is 29.9 Å². The molecule has 36 heavy (non-hydrogen) atoms. The van der Waals surface area contributed by atoms with E-state index in [9.17, 15) is 9.59 Å². The Morgan fingerprint density at radius 1 is 1.08 bits per heavy atom. The number of aromatic nitrogens is 2. The van der Waals surface area contributed by atoms with Crippen LogP contribution in [0.1, 0.15) is 37.0 Å². The number of carbonyl (C=O) groups is 2. The second-order valence-electron chi connectivity index (χ2n) is 8.29. The van der Waals surface area contributed by atoms with E-state index in [0.29, 0.717) is 45.3 Å². The molecule has 0 saturated carbocycles. The molecule has 8 nitrogen and oxygen atoms in total. The van der Waals surface area contributed by atoms with Crippen LogP contribution in [0.15, 0.2) is 54.9 Å². The maximum atomic E-state index is 12.2. The Morgan fingerprint density at radius 2 is 1.78 bits per heavy atom. The van der Waals surface area contributed by atoms with Crippen LogP contribution >= 0.6 is 23.2 Å². The van der Waals surface area contributed by atoms with Crippen molar-refractivity contribution < 1.29 is 19.4 Å². The fourth-order valence-electron chi connectivity index (χ4n) is 3.34. The summed E-state index contributed by atoms with van der Waals surface area (Å²) >= 11 is 12.2. The van der Waals surface area contributed by atoms with E-state index in [1.807, 2.05) is 12.1 Å². The number of amides is 1. The van der Waals surface area contributed by atoms with E-state index in [1.165, 1.54) is 0 Å². The number of carboxylic acids is 1. The van der Waals surface area contributed by atoms with Gasteiger partial charge in [-0.05, 0) is 48.4 Å². The van der Waals surface area contributed by atoms with Crippen LogP contribution in [0.4, 0.5) is 5.69 Å².